The topological polar surface area (TPSA) is 61.3 Å². The first-order chi connectivity index (χ1) is 9.74. The van der Waals surface area contributed by atoms with E-state index in [4.69, 9.17) is 0 Å². The molecule has 0 aliphatic rings. The third-order valence-electron chi connectivity index (χ3n) is 3.11. The van der Waals surface area contributed by atoms with Crippen LogP contribution in [0.15, 0.2) is 6.07 Å². The second-order valence-electron chi connectivity index (χ2n) is 4.87. The van der Waals surface area contributed by atoms with E-state index >= 15 is 0 Å². The molecule has 0 fully saturated rings. The Bertz CT molecular complexity index is 384. The summed E-state index contributed by atoms with van der Waals surface area (Å²) in [4.78, 5) is 11.2. The van der Waals surface area contributed by atoms with Crippen LogP contribution >= 0.6 is 0 Å². The molecule has 20 heavy (non-hydrogen) atoms. The van der Waals surface area contributed by atoms with Gasteiger partial charge in [-0.2, -0.15) is 0 Å². The van der Waals surface area contributed by atoms with E-state index in [1.165, 1.54) is 0 Å². The first-order valence-electron chi connectivity index (χ1n) is 7.72. The fourth-order valence-corrected chi connectivity index (χ4v) is 1.96. The summed E-state index contributed by atoms with van der Waals surface area (Å²) in [6.45, 7) is 8.96. The second-order valence-corrected chi connectivity index (χ2v) is 4.87. The van der Waals surface area contributed by atoms with Crippen LogP contribution in [0, 0.1) is 0 Å². The Morgan fingerprint density at radius 2 is 1.95 bits per heavy atom. The third kappa shape index (κ3) is 5.33. The van der Waals surface area contributed by atoms with Gasteiger partial charge in [0.25, 0.3) is 0 Å². The molecule has 0 spiro atoms. The highest BCUT2D eigenvalue weighted by atomic mass is 16.3. The normalized spacial score (nSPS) is 10.6. The van der Waals surface area contributed by atoms with Crippen LogP contribution in [0.5, 0.6) is 0 Å². The second kappa shape index (κ2) is 9.53. The highest BCUT2D eigenvalue weighted by Crippen LogP contribution is 2.17. The van der Waals surface area contributed by atoms with Gasteiger partial charge in [-0.15, -0.1) is 0 Å². The summed E-state index contributed by atoms with van der Waals surface area (Å²) in [6, 6.07) is 1.99. The van der Waals surface area contributed by atoms with Crippen LogP contribution < -0.4 is 10.2 Å². The molecule has 0 aliphatic heterocycles. The van der Waals surface area contributed by atoms with E-state index in [2.05, 4.69) is 41.0 Å². The van der Waals surface area contributed by atoms with Crippen LogP contribution in [0.3, 0.4) is 0 Å². The fourth-order valence-electron chi connectivity index (χ4n) is 1.96. The first kappa shape index (κ1) is 16.7. The van der Waals surface area contributed by atoms with Gasteiger partial charge in [-0.3, -0.25) is 0 Å². The van der Waals surface area contributed by atoms with Gasteiger partial charge < -0.3 is 15.3 Å². The van der Waals surface area contributed by atoms with Gasteiger partial charge in [-0.25, -0.2) is 9.97 Å². The lowest BCUT2D eigenvalue weighted by Crippen LogP contribution is -2.29. The lowest BCUT2D eigenvalue weighted by Gasteiger charge is -2.23. The van der Waals surface area contributed by atoms with Crippen LogP contribution in [0.2, 0.25) is 0 Å². The molecule has 0 aliphatic carbocycles. The van der Waals surface area contributed by atoms with Crippen LogP contribution in [-0.2, 0) is 6.42 Å². The Kier molecular flexibility index (Phi) is 7.95. The number of hydrogen-bond acceptors (Lipinski definition) is 5. The summed E-state index contributed by atoms with van der Waals surface area (Å²) < 4.78 is 0. The molecule has 1 aromatic heterocycles. The van der Waals surface area contributed by atoms with Gasteiger partial charge in [0.05, 0.1) is 6.61 Å². The Morgan fingerprint density at radius 3 is 2.55 bits per heavy atom. The van der Waals surface area contributed by atoms with Crippen molar-refractivity contribution >= 4 is 11.6 Å². The van der Waals surface area contributed by atoms with Crippen molar-refractivity contribution in [3.63, 3.8) is 0 Å². The number of unbranched alkanes of at least 4 members (excludes halogenated alkanes) is 1. The van der Waals surface area contributed by atoms with Crippen LogP contribution in [-0.4, -0.2) is 41.3 Å². The van der Waals surface area contributed by atoms with Crippen LogP contribution in [0.25, 0.3) is 0 Å². The van der Waals surface area contributed by atoms with Crippen LogP contribution in [0.4, 0.5) is 11.6 Å². The Hall–Kier alpha value is -1.36. The predicted octanol–water partition coefficient (Wildman–Crippen LogP) is 2.46. The van der Waals surface area contributed by atoms with E-state index < -0.39 is 0 Å². The largest absolute Gasteiger partial charge is 0.395 e. The molecule has 1 heterocycles. The van der Waals surface area contributed by atoms with Gasteiger partial charge in [0.2, 0.25) is 0 Å². The molecule has 5 nitrogen and oxygen atoms in total. The van der Waals surface area contributed by atoms with Gasteiger partial charge in [-0.1, -0.05) is 27.2 Å². The maximum atomic E-state index is 9.23. The highest BCUT2D eigenvalue weighted by Gasteiger charge is 2.10. The SMILES string of the molecule is CCCCN(CCO)c1cc(NCCC)nc(CC)n1. The van der Waals surface area contributed by atoms with Crippen molar-refractivity contribution < 1.29 is 5.11 Å². The van der Waals surface area contributed by atoms with Crippen molar-refractivity contribution in [2.75, 3.05) is 36.5 Å². The molecule has 0 saturated heterocycles. The van der Waals surface area contributed by atoms with E-state index in [1.54, 1.807) is 0 Å². The van der Waals surface area contributed by atoms with Gasteiger partial charge >= 0.3 is 0 Å². The molecule has 114 valence electrons. The van der Waals surface area contributed by atoms with Crippen molar-refractivity contribution in [2.24, 2.45) is 0 Å². The molecule has 0 amide bonds. The Balaban J connectivity index is 2.92. The van der Waals surface area contributed by atoms with Crippen molar-refractivity contribution in [3.05, 3.63) is 11.9 Å². The highest BCUT2D eigenvalue weighted by molar-refractivity contribution is 5.49. The number of rotatable bonds is 10. The molecule has 5 heteroatoms. The number of aliphatic hydroxyl groups excluding tert-OH is 1. The molecule has 0 unspecified atom stereocenters. The summed E-state index contributed by atoms with van der Waals surface area (Å²) in [5.41, 5.74) is 0. The van der Waals surface area contributed by atoms with E-state index in [0.717, 1.165) is 56.2 Å². The third-order valence-corrected chi connectivity index (χ3v) is 3.11. The lowest BCUT2D eigenvalue weighted by molar-refractivity contribution is 0.301. The zero-order chi connectivity index (χ0) is 14.8. The molecule has 0 atom stereocenters. The van der Waals surface area contributed by atoms with E-state index in [1.807, 2.05) is 6.07 Å². The molecular weight excluding hydrogens is 252 g/mol. The van der Waals surface area contributed by atoms with E-state index in [0.29, 0.717) is 6.54 Å². The number of nitrogens with zero attached hydrogens (tertiary/aromatic N) is 3. The maximum Gasteiger partial charge on any atom is 0.134 e. The van der Waals surface area contributed by atoms with Crippen molar-refractivity contribution in [2.45, 2.75) is 46.5 Å². The van der Waals surface area contributed by atoms with Gasteiger partial charge in [0.15, 0.2) is 0 Å². The Morgan fingerprint density at radius 1 is 1.15 bits per heavy atom. The zero-order valence-corrected chi connectivity index (χ0v) is 13.0. The minimum atomic E-state index is 0.146. The Labute approximate surface area is 122 Å². The van der Waals surface area contributed by atoms with Gasteiger partial charge in [0, 0.05) is 32.1 Å². The fraction of sp³-hybridized carbons (Fsp3) is 0.733. The van der Waals surface area contributed by atoms with Gasteiger partial charge in [0.1, 0.15) is 17.5 Å². The van der Waals surface area contributed by atoms with Crippen molar-refractivity contribution in [1.29, 1.82) is 0 Å². The summed E-state index contributed by atoms with van der Waals surface area (Å²) in [5, 5.41) is 12.6. The molecule has 1 rings (SSSR count). The summed E-state index contributed by atoms with van der Waals surface area (Å²) in [6.07, 6.45) is 4.12. The average Bonchev–Trinajstić information content (AvgIpc) is 2.49. The number of anilines is 2. The first-order valence-corrected chi connectivity index (χ1v) is 7.72. The van der Waals surface area contributed by atoms with Crippen molar-refractivity contribution in [3.8, 4) is 0 Å². The molecule has 0 aromatic carbocycles. The molecular formula is C15H28N4O. The molecule has 1 aromatic rings. The smallest absolute Gasteiger partial charge is 0.134 e. The van der Waals surface area contributed by atoms with E-state index in [9.17, 15) is 5.11 Å². The number of aliphatic hydroxyl groups is 1. The summed E-state index contributed by atoms with van der Waals surface area (Å²) in [7, 11) is 0. The minimum absolute atomic E-state index is 0.146. The maximum absolute atomic E-state index is 9.23. The number of nitrogens with one attached hydrogen (secondary N) is 1. The molecule has 0 radical (unpaired) electrons. The van der Waals surface area contributed by atoms with Crippen molar-refractivity contribution in [1.82, 2.24) is 9.97 Å². The molecule has 0 saturated carbocycles. The van der Waals surface area contributed by atoms with E-state index in [-0.39, 0.29) is 6.61 Å². The number of hydrogen-bond donors (Lipinski definition) is 2. The quantitative estimate of drug-likeness (QED) is 0.689. The zero-order valence-electron chi connectivity index (χ0n) is 13.0. The molecule has 0 bridgehead atoms. The number of aryl methyl sites for hydroxylation is 1. The number of aromatic nitrogens is 2. The standard InChI is InChI=1S/C15H28N4O/c1-4-7-9-19(10-11-20)15-12-14(16-8-5-2)17-13(6-3)18-15/h12,20H,4-11H2,1-3H3,(H,16,17,18). The minimum Gasteiger partial charge on any atom is -0.395 e. The molecule has 2 N–H and O–H groups in total. The average molecular weight is 280 g/mol. The van der Waals surface area contributed by atoms with Gasteiger partial charge in [-0.05, 0) is 12.8 Å². The predicted molar refractivity (Wildman–Crippen MR) is 84.4 cm³/mol. The summed E-state index contributed by atoms with van der Waals surface area (Å²) >= 11 is 0. The monoisotopic (exact) mass is 280 g/mol. The van der Waals surface area contributed by atoms with Crippen LogP contribution in [0.1, 0.15) is 45.9 Å². The summed E-state index contributed by atoms with van der Waals surface area (Å²) in [5.74, 6) is 2.65. The lowest BCUT2D eigenvalue weighted by atomic mass is 10.3.